The fourth-order valence-corrected chi connectivity index (χ4v) is 4.35. The maximum Gasteiger partial charge on any atom is 0.225 e. The standard InChI is InChI=1S/C24H27ClN8/c1-3-31-8-10-32(11-9-31)24-27-15-19(16-28-24)21-13-23(33-22(30-21)6-7-29-33)26-14-18-5-4-17(2)12-20(18)25/h4-7,12-13,15-16,26H,3,8-11,14H2,1-2H3. The van der Waals surface area contributed by atoms with Gasteiger partial charge in [-0.1, -0.05) is 30.7 Å². The lowest BCUT2D eigenvalue weighted by atomic mass is 10.1. The smallest absolute Gasteiger partial charge is 0.225 e. The molecular weight excluding hydrogens is 436 g/mol. The van der Waals surface area contributed by atoms with Gasteiger partial charge in [-0.3, -0.25) is 0 Å². The van der Waals surface area contributed by atoms with Crippen molar-refractivity contribution in [2.75, 3.05) is 42.9 Å². The lowest BCUT2D eigenvalue weighted by Gasteiger charge is -2.33. The highest BCUT2D eigenvalue weighted by Crippen LogP contribution is 2.24. The van der Waals surface area contributed by atoms with Crippen LogP contribution in [0.25, 0.3) is 16.9 Å². The van der Waals surface area contributed by atoms with E-state index in [1.807, 2.05) is 43.6 Å². The molecule has 5 rings (SSSR count). The molecule has 170 valence electrons. The average molecular weight is 463 g/mol. The quantitative estimate of drug-likeness (QED) is 0.465. The summed E-state index contributed by atoms with van der Waals surface area (Å²) in [5, 5.41) is 8.61. The molecule has 1 N–H and O–H groups in total. The Hall–Kier alpha value is -3.23. The number of piperazine rings is 1. The van der Waals surface area contributed by atoms with E-state index < -0.39 is 0 Å². The van der Waals surface area contributed by atoms with Crippen LogP contribution in [0.15, 0.2) is 48.9 Å². The molecule has 0 unspecified atom stereocenters. The van der Waals surface area contributed by atoms with E-state index in [4.69, 9.17) is 16.6 Å². The van der Waals surface area contributed by atoms with Crippen LogP contribution in [0.3, 0.4) is 0 Å². The zero-order valence-electron chi connectivity index (χ0n) is 18.9. The second kappa shape index (κ2) is 9.33. The molecule has 9 heteroatoms. The van der Waals surface area contributed by atoms with Crippen LogP contribution in [0, 0.1) is 6.92 Å². The van der Waals surface area contributed by atoms with E-state index in [9.17, 15) is 0 Å². The minimum Gasteiger partial charge on any atom is -0.366 e. The third-order valence-corrected chi connectivity index (χ3v) is 6.42. The SMILES string of the molecule is CCN1CCN(c2ncc(-c3cc(NCc4ccc(C)cc4Cl)n4nccc4n3)cn2)CC1. The Morgan fingerprint density at radius 2 is 1.82 bits per heavy atom. The highest BCUT2D eigenvalue weighted by molar-refractivity contribution is 6.31. The molecule has 1 aliphatic rings. The summed E-state index contributed by atoms with van der Waals surface area (Å²) < 4.78 is 1.79. The highest BCUT2D eigenvalue weighted by atomic mass is 35.5. The molecule has 0 aliphatic carbocycles. The number of likely N-dealkylation sites (N-methyl/N-ethyl adjacent to an activating group) is 1. The summed E-state index contributed by atoms with van der Waals surface area (Å²) in [7, 11) is 0. The molecular formula is C24H27ClN8. The number of nitrogens with zero attached hydrogens (tertiary/aromatic N) is 7. The Morgan fingerprint density at radius 3 is 2.55 bits per heavy atom. The predicted molar refractivity (Wildman–Crippen MR) is 132 cm³/mol. The number of rotatable bonds is 6. The minimum absolute atomic E-state index is 0.580. The van der Waals surface area contributed by atoms with Gasteiger partial charge in [0.05, 0.1) is 11.9 Å². The Morgan fingerprint density at radius 1 is 1.03 bits per heavy atom. The molecule has 0 radical (unpaired) electrons. The topological polar surface area (TPSA) is 74.5 Å². The van der Waals surface area contributed by atoms with Crippen LogP contribution in [0.1, 0.15) is 18.1 Å². The first-order valence-electron chi connectivity index (χ1n) is 11.2. The number of aromatic nitrogens is 5. The largest absolute Gasteiger partial charge is 0.366 e. The third kappa shape index (κ3) is 4.62. The van der Waals surface area contributed by atoms with Gasteiger partial charge in [-0.2, -0.15) is 9.61 Å². The minimum atomic E-state index is 0.580. The van der Waals surface area contributed by atoms with Gasteiger partial charge in [0.1, 0.15) is 5.82 Å². The summed E-state index contributed by atoms with van der Waals surface area (Å²) in [6.45, 7) is 9.88. The average Bonchev–Trinajstić information content (AvgIpc) is 3.32. The maximum absolute atomic E-state index is 6.42. The van der Waals surface area contributed by atoms with Crippen molar-refractivity contribution in [2.45, 2.75) is 20.4 Å². The molecule has 0 saturated carbocycles. The number of aryl methyl sites for hydroxylation is 1. The Bertz CT molecular complexity index is 1250. The summed E-state index contributed by atoms with van der Waals surface area (Å²) >= 11 is 6.42. The van der Waals surface area contributed by atoms with E-state index in [1.54, 1.807) is 10.7 Å². The van der Waals surface area contributed by atoms with Gasteiger partial charge >= 0.3 is 0 Å². The van der Waals surface area contributed by atoms with E-state index in [0.29, 0.717) is 6.54 Å². The zero-order chi connectivity index (χ0) is 22.8. The van der Waals surface area contributed by atoms with Gasteiger partial charge in [0.25, 0.3) is 0 Å². The normalized spacial score (nSPS) is 14.7. The Kier molecular flexibility index (Phi) is 6.11. The van der Waals surface area contributed by atoms with Gasteiger partial charge in [0.2, 0.25) is 5.95 Å². The van der Waals surface area contributed by atoms with Gasteiger partial charge < -0.3 is 15.1 Å². The number of hydrogen-bond acceptors (Lipinski definition) is 7. The number of benzene rings is 1. The van der Waals surface area contributed by atoms with E-state index in [-0.39, 0.29) is 0 Å². The molecule has 0 bridgehead atoms. The number of fused-ring (bicyclic) bond motifs is 1. The van der Waals surface area contributed by atoms with Crippen LogP contribution in [0.2, 0.25) is 5.02 Å². The second-order valence-corrected chi connectivity index (χ2v) is 8.68. The van der Waals surface area contributed by atoms with Crippen LogP contribution >= 0.6 is 11.6 Å². The van der Waals surface area contributed by atoms with Crippen molar-refractivity contribution in [3.05, 3.63) is 65.1 Å². The fraction of sp³-hybridized carbons (Fsp3) is 0.333. The van der Waals surface area contributed by atoms with Gasteiger partial charge in [0.15, 0.2) is 5.65 Å². The van der Waals surface area contributed by atoms with Crippen LogP contribution in [-0.4, -0.2) is 62.2 Å². The summed E-state index contributed by atoms with van der Waals surface area (Å²) in [4.78, 5) is 18.7. The van der Waals surface area contributed by atoms with Crippen LogP contribution in [-0.2, 0) is 6.54 Å². The fourth-order valence-electron chi connectivity index (χ4n) is 4.05. The molecule has 0 spiro atoms. The van der Waals surface area contributed by atoms with Crippen LogP contribution in [0.5, 0.6) is 0 Å². The molecule has 0 amide bonds. The highest BCUT2D eigenvalue weighted by Gasteiger charge is 2.18. The first kappa shape index (κ1) is 21.6. The first-order chi connectivity index (χ1) is 16.1. The number of hydrogen-bond donors (Lipinski definition) is 1. The summed E-state index contributed by atoms with van der Waals surface area (Å²) in [5.74, 6) is 1.60. The van der Waals surface area contributed by atoms with Crippen molar-refractivity contribution in [3.63, 3.8) is 0 Å². The molecule has 1 aromatic carbocycles. The number of anilines is 2. The first-order valence-corrected chi connectivity index (χ1v) is 11.6. The summed E-state index contributed by atoms with van der Waals surface area (Å²) in [6, 6.07) is 9.93. The van der Waals surface area contributed by atoms with Crippen molar-refractivity contribution >= 4 is 29.0 Å². The Labute approximate surface area is 198 Å². The van der Waals surface area contributed by atoms with Crippen molar-refractivity contribution in [1.82, 2.24) is 29.5 Å². The van der Waals surface area contributed by atoms with Gasteiger partial charge in [0, 0.05) is 67.8 Å². The van der Waals surface area contributed by atoms with Crippen molar-refractivity contribution in [2.24, 2.45) is 0 Å². The lowest BCUT2D eigenvalue weighted by molar-refractivity contribution is 0.270. The predicted octanol–water partition coefficient (Wildman–Crippen LogP) is 3.90. The lowest BCUT2D eigenvalue weighted by Crippen LogP contribution is -2.46. The molecule has 8 nitrogen and oxygen atoms in total. The Balaban J connectivity index is 1.37. The van der Waals surface area contributed by atoms with Crippen LogP contribution < -0.4 is 10.2 Å². The molecule has 4 heterocycles. The van der Waals surface area contributed by atoms with Gasteiger partial charge in [-0.15, -0.1) is 0 Å². The second-order valence-electron chi connectivity index (χ2n) is 8.27. The number of halogens is 1. The van der Waals surface area contributed by atoms with Gasteiger partial charge in [-0.25, -0.2) is 15.0 Å². The van der Waals surface area contributed by atoms with Crippen molar-refractivity contribution in [1.29, 1.82) is 0 Å². The third-order valence-electron chi connectivity index (χ3n) is 6.06. The van der Waals surface area contributed by atoms with Crippen molar-refractivity contribution in [3.8, 4) is 11.3 Å². The molecule has 1 saturated heterocycles. The summed E-state index contributed by atoms with van der Waals surface area (Å²) in [6.07, 6.45) is 5.44. The number of nitrogens with one attached hydrogen (secondary N) is 1. The molecule has 4 aromatic rings. The molecule has 0 atom stereocenters. The van der Waals surface area contributed by atoms with E-state index in [0.717, 1.165) is 77.5 Å². The van der Waals surface area contributed by atoms with E-state index in [1.165, 1.54) is 0 Å². The van der Waals surface area contributed by atoms with E-state index >= 15 is 0 Å². The molecule has 1 aliphatic heterocycles. The van der Waals surface area contributed by atoms with Gasteiger partial charge in [-0.05, 0) is 30.7 Å². The van der Waals surface area contributed by atoms with Crippen molar-refractivity contribution < 1.29 is 0 Å². The molecule has 1 fully saturated rings. The molecule has 33 heavy (non-hydrogen) atoms. The maximum atomic E-state index is 6.42. The van der Waals surface area contributed by atoms with E-state index in [2.05, 4.69) is 43.2 Å². The zero-order valence-corrected chi connectivity index (χ0v) is 19.6. The molecule has 3 aromatic heterocycles. The summed E-state index contributed by atoms with van der Waals surface area (Å²) in [5.41, 5.74) is 4.58. The monoisotopic (exact) mass is 462 g/mol. The van der Waals surface area contributed by atoms with Crippen LogP contribution in [0.4, 0.5) is 11.8 Å².